The van der Waals surface area contributed by atoms with E-state index in [1.54, 1.807) is 0 Å². The Morgan fingerprint density at radius 3 is 2.74 bits per heavy atom. The van der Waals surface area contributed by atoms with Crippen LogP contribution in [0.5, 0.6) is 0 Å². The van der Waals surface area contributed by atoms with Crippen molar-refractivity contribution in [3.8, 4) is 0 Å². The molecule has 0 aliphatic heterocycles. The quantitative estimate of drug-likeness (QED) is 0.781. The van der Waals surface area contributed by atoms with E-state index in [-0.39, 0.29) is 0 Å². The van der Waals surface area contributed by atoms with Gasteiger partial charge in [-0.25, -0.2) is 4.68 Å². The summed E-state index contributed by atoms with van der Waals surface area (Å²) < 4.78 is 5.11. The lowest BCUT2D eigenvalue weighted by molar-refractivity contribution is 0.131. The number of rotatable bonds is 5. The van der Waals surface area contributed by atoms with Crippen LogP contribution in [0.2, 0.25) is 0 Å². The number of nitrogens with zero attached hydrogens (tertiary/aromatic N) is 4. The monoisotopic (exact) mass is 326 g/mol. The van der Waals surface area contributed by atoms with Crippen LogP contribution in [0.4, 0.5) is 0 Å². The lowest BCUT2D eigenvalue weighted by atomic mass is 10.1. The number of aromatic nitrogens is 3. The van der Waals surface area contributed by atoms with Gasteiger partial charge in [0.05, 0.1) is 6.67 Å². The number of benzene rings is 1. The molecular formula is C18H22N4S. The molecule has 5 heteroatoms. The van der Waals surface area contributed by atoms with Gasteiger partial charge in [-0.2, -0.15) is 5.10 Å². The largest absolute Gasteiger partial charge is 0.303 e. The highest BCUT2D eigenvalue weighted by Gasteiger charge is 2.38. The summed E-state index contributed by atoms with van der Waals surface area (Å²) in [5, 5.41) is 4.59. The maximum Gasteiger partial charge on any atom is 0.199 e. The van der Waals surface area contributed by atoms with Crippen molar-refractivity contribution >= 4 is 12.2 Å². The molecular weight excluding hydrogens is 304 g/mol. The molecule has 1 aromatic heterocycles. The second-order valence-corrected chi connectivity index (χ2v) is 7.56. The van der Waals surface area contributed by atoms with Crippen LogP contribution in [0.3, 0.4) is 0 Å². The second-order valence-electron chi connectivity index (χ2n) is 7.19. The van der Waals surface area contributed by atoms with Crippen LogP contribution >= 0.6 is 12.2 Å². The highest BCUT2D eigenvalue weighted by molar-refractivity contribution is 7.71. The summed E-state index contributed by atoms with van der Waals surface area (Å²) in [6.07, 6.45) is 9.50. The maximum atomic E-state index is 5.66. The van der Waals surface area contributed by atoms with Gasteiger partial charge in [0.1, 0.15) is 6.33 Å². The van der Waals surface area contributed by atoms with Gasteiger partial charge in [-0.05, 0) is 61.9 Å². The van der Waals surface area contributed by atoms with Crippen LogP contribution in [0.1, 0.15) is 55.3 Å². The van der Waals surface area contributed by atoms with Crippen LogP contribution in [-0.4, -0.2) is 25.3 Å². The average molecular weight is 326 g/mol. The van der Waals surface area contributed by atoms with Gasteiger partial charge in [-0.3, -0.25) is 4.90 Å². The minimum absolute atomic E-state index is 0.534. The first kappa shape index (κ1) is 13.9. The van der Waals surface area contributed by atoms with Crippen LogP contribution < -0.4 is 0 Å². The minimum atomic E-state index is 0.534. The smallest absolute Gasteiger partial charge is 0.199 e. The zero-order valence-electron chi connectivity index (χ0n) is 13.3. The fourth-order valence-electron chi connectivity index (χ4n) is 3.96. The van der Waals surface area contributed by atoms with Crippen molar-refractivity contribution in [3.05, 3.63) is 46.5 Å². The van der Waals surface area contributed by atoms with Crippen LogP contribution in [0.15, 0.2) is 30.6 Å². The maximum absolute atomic E-state index is 5.66. The van der Waals surface area contributed by atoms with Gasteiger partial charge in [-0.1, -0.05) is 24.3 Å². The van der Waals surface area contributed by atoms with E-state index in [1.807, 2.05) is 11.0 Å². The van der Waals surface area contributed by atoms with Crippen molar-refractivity contribution in [1.29, 1.82) is 0 Å². The topological polar surface area (TPSA) is 26.0 Å². The summed E-state index contributed by atoms with van der Waals surface area (Å²) in [4.78, 5) is 2.64. The van der Waals surface area contributed by atoms with Gasteiger partial charge in [0.2, 0.25) is 0 Å². The molecule has 0 spiro atoms. The van der Waals surface area contributed by atoms with Crippen LogP contribution in [0, 0.1) is 4.77 Å². The third-order valence-corrected chi connectivity index (χ3v) is 5.93. The van der Waals surface area contributed by atoms with E-state index in [0.29, 0.717) is 18.1 Å². The molecule has 120 valence electrons. The molecule has 4 nitrogen and oxygen atoms in total. The molecule has 2 saturated carbocycles. The van der Waals surface area contributed by atoms with Crippen molar-refractivity contribution in [1.82, 2.24) is 19.2 Å². The lowest BCUT2D eigenvalue weighted by Gasteiger charge is -2.29. The summed E-state index contributed by atoms with van der Waals surface area (Å²) in [7, 11) is 0. The first-order valence-electron chi connectivity index (χ1n) is 8.79. The number of fused-ring (bicyclic) bond motifs is 1. The van der Waals surface area contributed by atoms with Gasteiger partial charge in [-0.15, -0.1) is 0 Å². The molecule has 5 rings (SSSR count). The zero-order valence-corrected chi connectivity index (χ0v) is 14.1. The second kappa shape index (κ2) is 5.28. The van der Waals surface area contributed by atoms with E-state index in [4.69, 9.17) is 12.2 Å². The highest BCUT2D eigenvalue weighted by Crippen LogP contribution is 2.42. The summed E-state index contributed by atoms with van der Waals surface area (Å²) in [5.41, 5.74) is 3.04. The molecule has 23 heavy (non-hydrogen) atoms. The molecule has 2 aromatic rings. The Balaban J connectivity index is 1.44. The molecule has 2 fully saturated rings. The molecule has 0 saturated heterocycles. The van der Waals surface area contributed by atoms with Crippen LogP contribution in [0.25, 0.3) is 0 Å². The summed E-state index contributed by atoms with van der Waals surface area (Å²) in [6.45, 7) is 0.836. The van der Waals surface area contributed by atoms with E-state index < -0.39 is 0 Å². The van der Waals surface area contributed by atoms with Gasteiger partial charge in [0, 0.05) is 18.1 Å². The minimum Gasteiger partial charge on any atom is -0.303 e. The standard InChI is InChI=1S/C18H22N4S/c23-18-20(14-6-7-14)11-19-22(18)12-21(15-8-9-15)17-10-5-13-3-1-2-4-16(13)17/h1-4,11,14-15,17H,5-10,12H2/t17-/m0/s1. The summed E-state index contributed by atoms with van der Waals surface area (Å²) in [5.74, 6) is 0. The molecule has 0 unspecified atom stereocenters. The predicted octanol–water partition coefficient (Wildman–Crippen LogP) is 3.86. The molecule has 3 aliphatic rings. The average Bonchev–Trinajstić information content (AvgIpc) is 3.49. The van der Waals surface area contributed by atoms with Gasteiger partial charge in [0.15, 0.2) is 4.77 Å². The van der Waals surface area contributed by atoms with Crippen molar-refractivity contribution in [2.24, 2.45) is 0 Å². The number of hydrogen-bond donors (Lipinski definition) is 0. The Morgan fingerprint density at radius 2 is 1.96 bits per heavy atom. The fourth-order valence-corrected chi connectivity index (χ4v) is 4.26. The Hall–Kier alpha value is -1.46. The summed E-state index contributed by atoms with van der Waals surface area (Å²) in [6, 6.07) is 10.8. The van der Waals surface area contributed by atoms with Gasteiger partial charge in [0.25, 0.3) is 0 Å². The zero-order chi connectivity index (χ0) is 15.4. The van der Waals surface area contributed by atoms with E-state index in [2.05, 4.69) is 38.8 Å². The molecule has 1 atom stereocenters. The molecule has 3 aliphatic carbocycles. The van der Waals surface area contributed by atoms with Crippen molar-refractivity contribution in [2.75, 3.05) is 0 Å². The number of hydrogen-bond acceptors (Lipinski definition) is 3. The Labute approximate surface area is 141 Å². The highest BCUT2D eigenvalue weighted by atomic mass is 32.1. The van der Waals surface area contributed by atoms with E-state index >= 15 is 0 Å². The molecule has 0 N–H and O–H groups in total. The predicted molar refractivity (Wildman–Crippen MR) is 91.7 cm³/mol. The SMILES string of the molecule is S=c1n(C2CC2)cnn1CN(C1CC1)[C@H]1CCc2ccccc21. The summed E-state index contributed by atoms with van der Waals surface area (Å²) >= 11 is 5.66. The van der Waals surface area contributed by atoms with Crippen molar-refractivity contribution in [3.63, 3.8) is 0 Å². The third-order valence-electron chi connectivity index (χ3n) is 5.51. The first-order valence-corrected chi connectivity index (χ1v) is 9.19. The van der Waals surface area contributed by atoms with Crippen LogP contribution in [-0.2, 0) is 13.1 Å². The third kappa shape index (κ3) is 2.46. The molecule has 1 aromatic carbocycles. The molecule has 0 bridgehead atoms. The lowest BCUT2D eigenvalue weighted by Crippen LogP contribution is -2.32. The molecule has 0 radical (unpaired) electrons. The van der Waals surface area contributed by atoms with E-state index in [9.17, 15) is 0 Å². The first-order chi connectivity index (χ1) is 11.3. The van der Waals surface area contributed by atoms with Gasteiger partial charge < -0.3 is 4.57 Å². The molecule has 0 amide bonds. The van der Waals surface area contributed by atoms with E-state index in [0.717, 1.165) is 11.4 Å². The van der Waals surface area contributed by atoms with E-state index in [1.165, 1.54) is 49.7 Å². The molecule has 1 heterocycles. The number of aryl methyl sites for hydroxylation is 1. The normalized spacial score (nSPS) is 23.4. The Morgan fingerprint density at radius 1 is 1.13 bits per heavy atom. The van der Waals surface area contributed by atoms with Crippen molar-refractivity contribution in [2.45, 2.75) is 63.3 Å². The Kier molecular flexibility index (Phi) is 3.20. The van der Waals surface area contributed by atoms with Crippen molar-refractivity contribution < 1.29 is 0 Å². The van der Waals surface area contributed by atoms with Gasteiger partial charge >= 0.3 is 0 Å². The fraction of sp³-hybridized carbons (Fsp3) is 0.556. The Bertz CT molecular complexity index is 784.